The Kier molecular flexibility index (Phi) is 8.44. The molecule has 0 rings (SSSR count). The molecule has 86 valence electrons. The van der Waals surface area contributed by atoms with E-state index < -0.39 is 11.9 Å². The van der Waals surface area contributed by atoms with Crippen LogP contribution in [0.2, 0.25) is 0 Å². The van der Waals surface area contributed by atoms with Gasteiger partial charge in [-0.2, -0.15) is 0 Å². The minimum Gasteiger partial charge on any atom is -0.465 e. The van der Waals surface area contributed by atoms with Crippen LogP contribution in [0.3, 0.4) is 0 Å². The molecule has 0 bridgehead atoms. The monoisotopic (exact) mass is 222 g/mol. The maximum Gasteiger partial charge on any atom is 0.317 e. The first-order valence-electron chi connectivity index (χ1n) is 4.89. The van der Waals surface area contributed by atoms with Gasteiger partial charge in [-0.1, -0.05) is 11.8 Å². The zero-order valence-electron chi connectivity index (χ0n) is 9.03. The number of carbonyl (C=O) groups is 2. The fourth-order valence-corrected chi connectivity index (χ4v) is 0.845. The van der Waals surface area contributed by atoms with Gasteiger partial charge in [0.15, 0.2) is 0 Å². The molecule has 0 aliphatic carbocycles. The number of hydrogen-bond acceptors (Lipinski definition) is 4. The second-order valence-electron chi connectivity index (χ2n) is 2.91. The lowest BCUT2D eigenvalue weighted by atomic mass is 10.3. The summed E-state index contributed by atoms with van der Waals surface area (Å²) in [5.74, 6) is 3.55. The van der Waals surface area contributed by atoms with E-state index in [1.807, 2.05) is 0 Å². The molecule has 0 fully saturated rings. The van der Waals surface area contributed by atoms with Crippen LogP contribution in [0, 0.1) is 24.7 Å². The van der Waals surface area contributed by atoms with E-state index in [4.69, 9.17) is 22.3 Å². The van der Waals surface area contributed by atoms with E-state index in [9.17, 15) is 9.59 Å². The van der Waals surface area contributed by atoms with Gasteiger partial charge in [0.2, 0.25) is 0 Å². The Morgan fingerprint density at radius 2 is 1.25 bits per heavy atom. The number of rotatable bonds is 7. The normalized spacial score (nSPS) is 8.62. The highest BCUT2D eigenvalue weighted by molar-refractivity contribution is 5.72. The van der Waals surface area contributed by atoms with Crippen LogP contribution < -0.4 is 0 Å². The topological polar surface area (TPSA) is 52.6 Å². The summed E-state index contributed by atoms with van der Waals surface area (Å²) in [6.45, 7) is 0.570. The molecule has 0 aliphatic rings. The van der Waals surface area contributed by atoms with Crippen molar-refractivity contribution in [1.82, 2.24) is 0 Å². The molecule has 16 heavy (non-hydrogen) atoms. The Labute approximate surface area is 95.3 Å². The predicted molar refractivity (Wildman–Crippen MR) is 58.1 cm³/mol. The van der Waals surface area contributed by atoms with Gasteiger partial charge in [0.1, 0.15) is 12.8 Å². The fourth-order valence-electron chi connectivity index (χ4n) is 0.845. The summed E-state index contributed by atoms with van der Waals surface area (Å²) < 4.78 is 9.57. The van der Waals surface area contributed by atoms with Crippen molar-refractivity contribution in [3.8, 4) is 24.7 Å². The van der Waals surface area contributed by atoms with Crippen LogP contribution in [-0.2, 0) is 19.1 Å². The summed E-state index contributed by atoms with van der Waals surface area (Å²) in [5.41, 5.74) is 0. The molecule has 0 aromatic rings. The Morgan fingerprint density at radius 3 is 1.56 bits per heavy atom. The maximum absolute atomic E-state index is 10.8. The molecule has 0 saturated heterocycles. The standard InChI is InChI=1S/C12H14O4/c1-3-7-11(13)15-9-5-6-10-16-12(14)8-4-2/h1-2H,5-10H2. The second kappa shape index (κ2) is 9.61. The van der Waals surface area contributed by atoms with Crippen molar-refractivity contribution in [2.75, 3.05) is 13.2 Å². The SMILES string of the molecule is C#CCC(=O)OCCCCOC(=O)CC#C. The number of ether oxygens (including phenoxy) is 2. The van der Waals surface area contributed by atoms with Crippen LogP contribution >= 0.6 is 0 Å². The van der Waals surface area contributed by atoms with E-state index in [-0.39, 0.29) is 26.1 Å². The number of unbranched alkanes of at least 4 members (excludes halogenated alkanes) is 1. The van der Waals surface area contributed by atoms with E-state index >= 15 is 0 Å². The van der Waals surface area contributed by atoms with Crippen molar-refractivity contribution in [3.63, 3.8) is 0 Å². The van der Waals surface area contributed by atoms with Crippen molar-refractivity contribution in [2.24, 2.45) is 0 Å². The second-order valence-corrected chi connectivity index (χ2v) is 2.91. The molecule has 0 aromatic heterocycles. The Balaban J connectivity index is 3.29. The van der Waals surface area contributed by atoms with E-state index in [0.29, 0.717) is 12.8 Å². The van der Waals surface area contributed by atoms with Crippen molar-refractivity contribution < 1.29 is 19.1 Å². The predicted octanol–water partition coefficient (Wildman–Crippen LogP) is 0.900. The van der Waals surface area contributed by atoms with E-state index in [1.165, 1.54) is 0 Å². The highest BCUT2D eigenvalue weighted by atomic mass is 16.5. The van der Waals surface area contributed by atoms with Gasteiger partial charge in [-0.25, -0.2) is 0 Å². The number of hydrogen-bond donors (Lipinski definition) is 0. The summed E-state index contributed by atoms with van der Waals surface area (Å²) in [7, 11) is 0. The van der Waals surface area contributed by atoms with Crippen LogP contribution in [0.1, 0.15) is 25.7 Å². The Hall–Kier alpha value is -1.94. The number of esters is 2. The van der Waals surface area contributed by atoms with Crippen LogP contribution in [0.5, 0.6) is 0 Å². The molecule has 0 amide bonds. The van der Waals surface area contributed by atoms with Gasteiger partial charge < -0.3 is 9.47 Å². The minimum absolute atomic E-state index is 0.0167. The van der Waals surface area contributed by atoms with Gasteiger partial charge >= 0.3 is 11.9 Å². The third-order valence-electron chi connectivity index (χ3n) is 1.56. The van der Waals surface area contributed by atoms with Gasteiger partial charge in [0.05, 0.1) is 13.2 Å². The summed E-state index contributed by atoms with van der Waals surface area (Å²) in [5, 5.41) is 0. The molecule has 0 unspecified atom stereocenters. The molecule has 0 aromatic carbocycles. The lowest BCUT2D eigenvalue weighted by Crippen LogP contribution is -2.07. The minimum atomic E-state index is -0.410. The largest absolute Gasteiger partial charge is 0.465 e. The van der Waals surface area contributed by atoms with E-state index in [2.05, 4.69) is 11.8 Å². The van der Waals surface area contributed by atoms with Crippen molar-refractivity contribution in [1.29, 1.82) is 0 Å². The quantitative estimate of drug-likeness (QED) is 0.365. The van der Waals surface area contributed by atoms with Crippen LogP contribution in [0.4, 0.5) is 0 Å². The summed E-state index contributed by atoms with van der Waals surface area (Å²) >= 11 is 0. The van der Waals surface area contributed by atoms with Crippen molar-refractivity contribution in [2.45, 2.75) is 25.7 Å². The number of terminal acetylenes is 2. The lowest BCUT2D eigenvalue weighted by Gasteiger charge is -2.03. The van der Waals surface area contributed by atoms with Gasteiger partial charge in [0, 0.05) is 0 Å². The average Bonchev–Trinajstić information content (AvgIpc) is 2.24. The third kappa shape index (κ3) is 8.65. The molecule has 4 nitrogen and oxygen atoms in total. The van der Waals surface area contributed by atoms with Crippen molar-refractivity contribution >= 4 is 11.9 Å². The molecule has 0 aliphatic heterocycles. The highest BCUT2D eigenvalue weighted by Gasteiger charge is 2.01. The molecular formula is C12H14O4. The lowest BCUT2D eigenvalue weighted by molar-refractivity contribution is -0.144. The average molecular weight is 222 g/mol. The first-order valence-corrected chi connectivity index (χ1v) is 4.89. The highest BCUT2D eigenvalue weighted by Crippen LogP contribution is 1.95. The van der Waals surface area contributed by atoms with Gasteiger partial charge in [0.25, 0.3) is 0 Å². The van der Waals surface area contributed by atoms with E-state index in [1.54, 1.807) is 0 Å². The van der Waals surface area contributed by atoms with Gasteiger partial charge in [-0.3, -0.25) is 9.59 Å². The molecule has 0 N–H and O–H groups in total. The fraction of sp³-hybridized carbons (Fsp3) is 0.500. The summed E-state index contributed by atoms with van der Waals surface area (Å²) in [6.07, 6.45) is 11.1. The third-order valence-corrected chi connectivity index (χ3v) is 1.56. The van der Waals surface area contributed by atoms with Crippen LogP contribution in [0.15, 0.2) is 0 Å². The zero-order chi connectivity index (χ0) is 12.2. The molecule has 0 saturated carbocycles. The summed E-state index contributed by atoms with van der Waals surface area (Å²) in [4.78, 5) is 21.6. The van der Waals surface area contributed by atoms with Crippen LogP contribution in [0.25, 0.3) is 0 Å². The molecule has 0 spiro atoms. The molecule has 0 atom stereocenters. The van der Waals surface area contributed by atoms with Gasteiger partial charge in [-0.15, -0.1) is 12.8 Å². The van der Waals surface area contributed by atoms with E-state index in [0.717, 1.165) is 0 Å². The molecule has 0 radical (unpaired) electrons. The zero-order valence-corrected chi connectivity index (χ0v) is 9.03. The molecule has 4 heteroatoms. The molecular weight excluding hydrogens is 208 g/mol. The number of carbonyl (C=O) groups excluding carboxylic acids is 2. The first-order chi connectivity index (χ1) is 7.70. The Bertz CT molecular complexity index is 274. The van der Waals surface area contributed by atoms with Crippen LogP contribution in [-0.4, -0.2) is 25.2 Å². The first kappa shape index (κ1) is 14.1. The smallest absolute Gasteiger partial charge is 0.317 e. The summed E-state index contributed by atoms with van der Waals surface area (Å²) in [6, 6.07) is 0. The maximum atomic E-state index is 10.8. The molecule has 0 heterocycles. The van der Waals surface area contributed by atoms with Gasteiger partial charge in [-0.05, 0) is 12.8 Å². The Morgan fingerprint density at radius 1 is 0.875 bits per heavy atom. The van der Waals surface area contributed by atoms with Crippen molar-refractivity contribution in [3.05, 3.63) is 0 Å².